The first-order chi connectivity index (χ1) is 10.2. The summed E-state index contributed by atoms with van der Waals surface area (Å²) in [5, 5.41) is 5.08. The molecule has 21 heavy (non-hydrogen) atoms. The highest BCUT2D eigenvalue weighted by Crippen LogP contribution is 2.29. The lowest BCUT2D eigenvalue weighted by atomic mass is 10.0. The molecule has 0 fully saturated rings. The van der Waals surface area contributed by atoms with Crippen LogP contribution in [0.15, 0.2) is 40.9 Å². The van der Waals surface area contributed by atoms with E-state index >= 15 is 0 Å². The largest absolute Gasteiger partial charge is 0.383 e. The molecule has 108 valence electrons. The second kappa shape index (κ2) is 5.59. The maximum Gasteiger partial charge on any atom is 0.258 e. The molecule has 0 spiro atoms. The Bertz CT molecular complexity index is 772. The fraction of sp³-hybridized carbons (Fsp3) is 0.200. The first-order valence-electron chi connectivity index (χ1n) is 6.46. The van der Waals surface area contributed by atoms with Gasteiger partial charge in [0.05, 0.1) is 12.6 Å². The van der Waals surface area contributed by atoms with Gasteiger partial charge in [-0.15, -0.1) is 0 Å². The second-order valence-electron chi connectivity index (χ2n) is 4.66. The predicted octanol–water partition coefficient (Wildman–Crippen LogP) is 2.68. The van der Waals surface area contributed by atoms with Gasteiger partial charge in [0.25, 0.3) is 5.89 Å². The van der Waals surface area contributed by atoms with Crippen LogP contribution in [0.1, 0.15) is 11.9 Å². The number of halogens is 1. The SMILES string of the molecule is COCC(N)c1noc(-c2ccc(F)c3ccccc23)n1. The summed E-state index contributed by atoms with van der Waals surface area (Å²) in [5.74, 6) is 0.387. The zero-order valence-corrected chi connectivity index (χ0v) is 11.4. The average molecular weight is 287 g/mol. The number of benzene rings is 2. The molecule has 0 amide bonds. The number of rotatable bonds is 4. The van der Waals surface area contributed by atoms with Crippen LogP contribution in [-0.2, 0) is 4.74 Å². The zero-order chi connectivity index (χ0) is 14.8. The summed E-state index contributed by atoms with van der Waals surface area (Å²) in [6.07, 6.45) is 0. The van der Waals surface area contributed by atoms with Crippen molar-refractivity contribution in [1.29, 1.82) is 0 Å². The number of nitrogens with two attached hydrogens (primary N) is 1. The summed E-state index contributed by atoms with van der Waals surface area (Å²) in [7, 11) is 1.55. The maximum atomic E-state index is 13.8. The van der Waals surface area contributed by atoms with Crippen LogP contribution >= 0.6 is 0 Å². The molecule has 0 radical (unpaired) electrons. The van der Waals surface area contributed by atoms with Crippen LogP contribution in [0.25, 0.3) is 22.2 Å². The summed E-state index contributed by atoms with van der Waals surface area (Å²) in [6.45, 7) is 0.295. The van der Waals surface area contributed by atoms with Gasteiger partial charge in [-0.3, -0.25) is 0 Å². The van der Waals surface area contributed by atoms with Crippen molar-refractivity contribution in [3.8, 4) is 11.5 Å². The summed E-state index contributed by atoms with van der Waals surface area (Å²) in [5.41, 5.74) is 6.54. The van der Waals surface area contributed by atoms with Crippen molar-refractivity contribution in [3.05, 3.63) is 48.0 Å². The van der Waals surface area contributed by atoms with E-state index in [0.29, 0.717) is 34.7 Å². The van der Waals surface area contributed by atoms with E-state index in [-0.39, 0.29) is 5.82 Å². The molecule has 0 aliphatic carbocycles. The molecule has 3 aromatic rings. The van der Waals surface area contributed by atoms with Crippen molar-refractivity contribution >= 4 is 10.8 Å². The fourth-order valence-electron chi connectivity index (χ4n) is 2.20. The molecule has 0 saturated carbocycles. The van der Waals surface area contributed by atoms with E-state index in [4.69, 9.17) is 15.0 Å². The van der Waals surface area contributed by atoms with Gasteiger partial charge in [-0.1, -0.05) is 29.4 Å². The van der Waals surface area contributed by atoms with Gasteiger partial charge in [-0.05, 0) is 17.5 Å². The quantitative estimate of drug-likeness (QED) is 0.798. The Labute approximate surface area is 120 Å². The van der Waals surface area contributed by atoms with Gasteiger partial charge in [0.15, 0.2) is 5.82 Å². The average Bonchev–Trinajstić information content (AvgIpc) is 2.98. The Balaban J connectivity index is 2.07. The Morgan fingerprint density at radius 3 is 2.76 bits per heavy atom. The number of fused-ring (bicyclic) bond motifs is 1. The molecular weight excluding hydrogens is 273 g/mol. The van der Waals surface area contributed by atoms with Crippen molar-refractivity contribution in [2.75, 3.05) is 13.7 Å². The van der Waals surface area contributed by atoms with E-state index in [2.05, 4.69) is 10.1 Å². The smallest absolute Gasteiger partial charge is 0.258 e. The van der Waals surface area contributed by atoms with Crippen LogP contribution in [0.2, 0.25) is 0 Å². The molecule has 0 bridgehead atoms. The Kier molecular flexibility index (Phi) is 3.64. The van der Waals surface area contributed by atoms with Crippen molar-refractivity contribution in [2.45, 2.75) is 6.04 Å². The number of ether oxygens (including phenoxy) is 1. The highest BCUT2D eigenvalue weighted by molar-refractivity contribution is 5.95. The van der Waals surface area contributed by atoms with E-state index in [0.717, 1.165) is 0 Å². The van der Waals surface area contributed by atoms with Crippen LogP contribution < -0.4 is 5.73 Å². The summed E-state index contributed by atoms with van der Waals surface area (Å²) < 4.78 is 24.0. The van der Waals surface area contributed by atoms with Gasteiger partial charge < -0.3 is 15.0 Å². The summed E-state index contributed by atoms with van der Waals surface area (Å²) >= 11 is 0. The summed E-state index contributed by atoms with van der Waals surface area (Å²) in [6, 6.07) is 9.68. The topological polar surface area (TPSA) is 74.2 Å². The molecule has 0 aliphatic heterocycles. The predicted molar refractivity (Wildman–Crippen MR) is 76.0 cm³/mol. The lowest BCUT2D eigenvalue weighted by Gasteiger charge is -2.04. The van der Waals surface area contributed by atoms with Gasteiger partial charge >= 0.3 is 0 Å². The Morgan fingerprint density at radius 2 is 2.00 bits per heavy atom. The molecule has 6 heteroatoms. The van der Waals surface area contributed by atoms with Crippen molar-refractivity contribution in [1.82, 2.24) is 10.1 Å². The van der Waals surface area contributed by atoms with E-state index in [9.17, 15) is 4.39 Å². The number of methoxy groups -OCH3 is 1. The van der Waals surface area contributed by atoms with Gasteiger partial charge in [0, 0.05) is 18.1 Å². The molecule has 1 aromatic heterocycles. The number of hydrogen-bond acceptors (Lipinski definition) is 5. The maximum absolute atomic E-state index is 13.8. The van der Waals surface area contributed by atoms with Gasteiger partial charge in [-0.25, -0.2) is 4.39 Å². The zero-order valence-electron chi connectivity index (χ0n) is 11.4. The number of nitrogens with zero attached hydrogens (tertiary/aromatic N) is 2. The van der Waals surface area contributed by atoms with Gasteiger partial charge in [0.2, 0.25) is 0 Å². The van der Waals surface area contributed by atoms with Crippen LogP contribution in [-0.4, -0.2) is 23.9 Å². The minimum Gasteiger partial charge on any atom is -0.383 e. The number of hydrogen-bond donors (Lipinski definition) is 1. The van der Waals surface area contributed by atoms with Crippen LogP contribution in [0.5, 0.6) is 0 Å². The molecule has 1 unspecified atom stereocenters. The molecule has 1 atom stereocenters. The van der Waals surface area contributed by atoms with Crippen molar-refractivity contribution < 1.29 is 13.7 Å². The number of aromatic nitrogens is 2. The molecule has 1 heterocycles. The van der Waals surface area contributed by atoms with Gasteiger partial charge in [0.1, 0.15) is 5.82 Å². The normalized spacial score (nSPS) is 12.7. The summed E-state index contributed by atoms with van der Waals surface area (Å²) in [4.78, 5) is 4.27. The third kappa shape index (κ3) is 2.51. The van der Waals surface area contributed by atoms with E-state index in [1.54, 1.807) is 25.3 Å². The van der Waals surface area contributed by atoms with Gasteiger partial charge in [-0.2, -0.15) is 4.98 Å². The fourth-order valence-corrected chi connectivity index (χ4v) is 2.20. The molecule has 2 aromatic carbocycles. The highest BCUT2D eigenvalue weighted by atomic mass is 19.1. The first-order valence-corrected chi connectivity index (χ1v) is 6.46. The molecule has 0 aliphatic rings. The van der Waals surface area contributed by atoms with Crippen LogP contribution in [0, 0.1) is 5.82 Å². The van der Waals surface area contributed by atoms with Crippen LogP contribution in [0.4, 0.5) is 4.39 Å². The molecule has 5 nitrogen and oxygen atoms in total. The standard InChI is InChI=1S/C15H14FN3O2/c1-20-8-13(17)14-18-15(21-19-14)11-6-7-12(16)10-5-3-2-4-9(10)11/h2-7,13H,8,17H2,1H3. The Morgan fingerprint density at radius 1 is 1.24 bits per heavy atom. The minimum atomic E-state index is -0.459. The lowest BCUT2D eigenvalue weighted by molar-refractivity contribution is 0.177. The first kappa shape index (κ1) is 13.7. The second-order valence-corrected chi connectivity index (χ2v) is 4.66. The highest BCUT2D eigenvalue weighted by Gasteiger charge is 2.17. The monoisotopic (exact) mass is 287 g/mol. The molecule has 0 saturated heterocycles. The van der Waals surface area contributed by atoms with E-state index in [1.165, 1.54) is 6.07 Å². The third-order valence-electron chi connectivity index (χ3n) is 3.22. The van der Waals surface area contributed by atoms with E-state index in [1.807, 2.05) is 12.1 Å². The minimum absolute atomic E-state index is 0.287. The van der Waals surface area contributed by atoms with Crippen LogP contribution in [0.3, 0.4) is 0 Å². The van der Waals surface area contributed by atoms with E-state index < -0.39 is 6.04 Å². The van der Waals surface area contributed by atoms with Crippen molar-refractivity contribution in [3.63, 3.8) is 0 Å². The van der Waals surface area contributed by atoms with Crippen molar-refractivity contribution in [2.24, 2.45) is 5.73 Å². The molecule has 2 N–H and O–H groups in total. The Hall–Kier alpha value is -2.31. The molecule has 3 rings (SSSR count). The lowest BCUT2D eigenvalue weighted by Crippen LogP contribution is -2.17. The third-order valence-corrected chi connectivity index (χ3v) is 3.22. The molecular formula is C15H14FN3O2.